The Kier molecular flexibility index (Phi) is 4.14. The molecule has 92 valence electrons. The maximum atomic E-state index is 12.1. The van der Waals surface area contributed by atoms with Gasteiger partial charge < -0.3 is 10.0 Å². The number of carboxylic acids is 1. The molecule has 1 heterocycles. The topological polar surface area (TPSA) is 83.4 Å². The van der Waals surface area contributed by atoms with Gasteiger partial charge in [0.2, 0.25) is 0 Å². The van der Waals surface area contributed by atoms with Crippen molar-refractivity contribution in [1.82, 2.24) is 15.1 Å². The number of carbonyl (C=O) groups is 2. The van der Waals surface area contributed by atoms with Crippen molar-refractivity contribution >= 4 is 11.9 Å². The van der Waals surface area contributed by atoms with Gasteiger partial charge in [0, 0.05) is 6.54 Å². The summed E-state index contributed by atoms with van der Waals surface area (Å²) in [6, 6.07) is 1.62. The molecule has 0 aliphatic carbocycles. The summed E-state index contributed by atoms with van der Waals surface area (Å²) < 4.78 is 0. The normalized spacial score (nSPS) is 10.1. The number of amides is 1. The quantitative estimate of drug-likeness (QED) is 0.830. The van der Waals surface area contributed by atoms with E-state index in [9.17, 15) is 9.59 Å². The number of carbonyl (C=O) groups excluding carboxylic acids is 1. The first-order valence-electron chi connectivity index (χ1n) is 5.27. The monoisotopic (exact) mass is 237 g/mol. The van der Waals surface area contributed by atoms with Crippen molar-refractivity contribution in [3.63, 3.8) is 0 Å². The van der Waals surface area contributed by atoms with Crippen molar-refractivity contribution in [3.8, 4) is 0 Å². The summed E-state index contributed by atoms with van der Waals surface area (Å²) in [5.41, 5.74) is 1.54. The molecule has 17 heavy (non-hydrogen) atoms. The second-order valence-corrected chi connectivity index (χ2v) is 3.70. The number of likely N-dealkylation sites (N-methyl/N-ethyl adjacent to an activating group) is 1. The van der Waals surface area contributed by atoms with Crippen molar-refractivity contribution < 1.29 is 14.7 Å². The van der Waals surface area contributed by atoms with Crippen LogP contribution in [-0.4, -0.2) is 45.2 Å². The van der Waals surface area contributed by atoms with Crippen molar-refractivity contribution in [2.45, 2.75) is 20.8 Å². The minimum absolute atomic E-state index is 0.309. The predicted octanol–water partition coefficient (Wildman–Crippen LogP) is 0.640. The molecule has 1 N–H and O–H groups in total. The highest BCUT2D eigenvalue weighted by molar-refractivity contribution is 5.96. The Hall–Kier alpha value is -1.98. The first-order valence-corrected chi connectivity index (χ1v) is 5.27. The highest BCUT2D eigenvalue weighted by atomic mass is 16.4. The number of aryl methyl sites for hydroxylation is 2. The highest BCUT2D eigenvalue weighted by Crippen LogP contribution is 2.09. The number of carboxylic acid groups (broad SMARTS) is 1. The number of hydrogen-bond acceptors (Lipinski definition) is 4. The molecule has 0 bridgehead atoms. The summed E-state index contributed by atoms with van der Waals surface area (Å²) in [6.07, 6.45) is 0. The first-order chi connectivity index (χ1) is 7.95. The lowest BCUT2D eigenvalue weighted by molar-refractivity contribution is -0.137. The summed E-state index contributed by atoms with van der Waals surface area (Å²) in [4.78, 5) is 24.0. The molecule has 0 spiro atoms. The van der Waals surface area contributed by atoms with E-state index in [1.54, 1.807) is 26.8 Å². The van der Waals surface area contributed by atoms with Gasteiger partial charge in [-0.15, -0.1) is 0 Å². The van der Waals surface area contributed by atoms with E-state index in [-0.39, 0.29) is 12.5 Å². The Balaban J connectivity index is 3.01. The van der Waals surface area contributed by atoms with Gasteiger partial charge in [-0.25, -0.2) is 0 Å². The molecule has 1 aromatic rings. The Bertz CT molecular complexity index is 446. The zero-order valence-electron chi connectivity index (χ0n) is 10.1. The van der Waals surface area contributed by atoms with Gasteiger partial charge in [-0.3, -0.25) is 9.59 Å². The van der Waals surface area contributed by atoms with Crippen molar-refractivity contribution in [2.24, 2.45) is 0 Å². The summed E-state index contributed by atoms with van der Waals surface area (Å²) >= 11 is 0. The standard InChI is InChI=1S/C11H15N3O3/c1-4-14(6-10(15)16)11(17)9-5-7(2)12-13-8(9)3/h5H,4,6H2,1-3H3,(H,15,16). The van der Waals surface area contributed by atoms with Gasteiger partial charge in [0.15, 0.2) is 0 Å². The molecular weight excluding hydrogens is 222 g/mol. The van der Waals surface area contributed by atoms with Gasteiger partial charge >= 0.3 is 5.97 Å². The van der Waals surface area contributed by atoms with Gasteiger partial charge in [-0.2, -0.15) is 10.2 Å². The summed E-state index contributed by atoms with van der Waals surface area (Å²) in [5.74, 6) is -1.36. The number of aliphatic carboxylic acids is 1. The summed E-state index contributed by atoms with van der Waals surface area (Å²) in [5, 5.41) is 16.4. The van der Waals surface area contributed by atoms with Crippen LogP contribution in [0, 0.1) is 13.8 Å². The molecule has 0 atom stereocenters. The van der Waals surface area contributed by atoms with E-state index in [1.807, 2.05) is 0 Å². The van der Waals surface area contributed by atoms with E-state index in [0.29, 0.717) is 23.5 Å². The van der Waals surface area contributed by atoms with Crippen LogP contribution >= 0.6 is 0 Å². The lowest BCUT2D eigenvalue weighted by Gasteiger charge is -2.19. The van der Waals surface area contributed by atoms with Crippen LogP contribution in [0.5, 0.6) is 0 Å². The van der Waals surface area contributed by atoms with Crippen LogP contribution in [0.3, 0.4) is 0 Å². The molecule has 0 unspecified atom stereocenters. The minimum Gasteiger partial charge on any atom is -0.480 e. The van der Waals surface area contributed by atoms with Gasteiger partial charge in [0.05, 0.1) is 17.0 Å². The smallest absolute Gasteiger partial charge is 0.323 e. The number of nitrogens with zero attached hydrogens (tertiary/aromatic N) is 3. The van der Waals surface area contributed by atoms with E-state index in [0.717, 1.165) is 0 Å². The zero-order chi connectivity index (χ0) is 13.0. The molecule has 0 saturated heterocycles. The average molecular weight is 237 g/mol. The highest BCUT2D eigenvalue weighted by Gasteiger charge is 2.19. The van der Waals surface area contributed by atoms with Crippen LogP contribution in [0.25, 0.3) is 0 Å². The number of hydrogen-bond donors (Lipinski definition) is 1. The fourth-order valence-electron chi connectivity index (χ4n) is 1.43. The Morgan fingerprint density at radius 2 is 2.00 bits per heavy atom. The summed E-state index contributed by atoms with van der Waals surface area (Å²) in [6.45, 7) is 5.17. The molecule has 1 rings (SSSR count). The first kappa shape index (κ1) is 13.1. The lowest BCUT2D eigenvalue weighted by atomic mass is 10.1. The van der Waals surface area contributed by atoms with E-state index >= 15 is 0 Å². The third-order valence-corrected chi connectivity index (χ3v) is 2.33. The maximum Gasteiger partial charge on any atom is 0.323 e. The largest absolute Gasteiger partial charge is 0.480 e. The zero-order valence-corrected chi connectivity index (χ0v) is 10.1. The average Bonchev–Trinajstić information content (AvgIpc) is 2.28. The van der Waals surface area contributed by atoms with Crippen molar-refractivity contribution in [3.05, 3.63) is 23.0 Å². The van der Waals surface area contributed by atoms with E-state index in [4.69, 9.17) is 5.11 Å². The van der Waals surface area contributed by atoms with Gasteiger partial charge in [-0.1, -0.05) is 0 Å². The molecule has 1 amide bonds. The second-order valence-electron chi connectivity index (χ2n) is 3.70. The Morgan fingerprint density at radius 3 is 2.53 bits per heavy atom. The van der Waals surface area contributed by atoms with Gasteiger partial charge in [0.1, 0.15) is 6.54 Å². The minimum atomic E-state index is -1.03. The molecule has 0 aromatic carbocycles. The number of rotatable bonds is 4. The van der Waals surface area contributed by atoms with E-state index < -0.39 is 5.97 Å². The molecule has 0 saturated carbocycles. The Labute approximate surface area is 99.3 Å². The Morgan fingerprint density at radius 1 is 1.35 bits per heavy atom. The van der Waals surface area contributed by atoms with Crippen LogP contribution in [0.4, 0.5) is 0 Å². The molecule has 0 aliphatic heterocycles. The van der Waals surface area contributed by atoms with Crippen LogP contribution in [-0.2, 0) is 4.79 Å². The lowest BCUT2D eigenvalue weighted by Crippen LogP contribution is -2.36. The van der Waals surface area contributed by atoms with Crippen molar-refractivity contribution in [1.29, 1.82) is 0 Å². The van der Waals surface area contributed by atoms with Crippen LogP contribution < -0.4 is 0 Å². The molecule has 6 heteroatoms. The molecule has 6 nitrogen and oxygen atoms in total. The third kappa shape index (κ3) is 3.24. The molecule has 0 fully saturated rings. The van der Waals surface area contributed by atoms with Crippen LogP contribution in [0.2, 0.25) is 0 Å². The van der Waals surface area contributed by atoms with E-state index in [2.05, 4.69) is 10.2 Å². The van der Waals surface area contributed by atoms with Crippen LogP contribution in [0.1, 0.15) is 28.7 Å². The fraction of sp³-hybridized carbons (Fsp3) is 0.455. The SMILES string of the molecule is CCN(CC(=O)O)C(=O)c1cc(C)nnc1C. The van der Waals surface area contributed by atoms with Gasteiger partial charge in [0.25, 0.3) is 5.91 Å². The fourth-order valence-corrected chi connectivity index (χ4v) is 1.43. The maximum absolute atomic E-state index is 12.1. The van der Waals surface area contributed by atoms with E-state index in [1.165, 1.54) is 4.90 Å². The third-order valence-electron chi connectivity index (χ3n) is 2.33. The van der Waals surface area contributed by atoms with Crippen LogP contribution in [0.15, 0.2) is 6.07 Å². The molecule has 1 aromatic heterocycles. The van der Waals surface area contributed by atoms with Crippen molar-refractivity contribution in [2.75, 3.05) is 13.1 Å². The molecular formula is C11H15N3O3. The predicted molar refractivity (Wildman–Crippen MR) is 60.7 cm³/mol. The summed E-state index contributed by atoms with van der Waals surface area (Å²) in [7, 11) is 0. The number of aromatic nitrogens is 2. The molecule has 0 aliphatic rings. The molecule has 0 radical (unpaired) electrons. The van der Waals surface area contributed by atoms with Gasteiger partial charge in [-0.05, 0) is 26.8 Å². The second kappa shape index (κ2) is 5.38.